The van der Waals surface area contributed by atoms with Crippen LogP contribution in [0.1, 0.15) is 20.8 Å². The van der Waals surface area contributed by atoms with E-state index >= 15 is 0 Å². The number of hydrogen-bond acceptors (Lipinski definition) is 5. The van der Waals surface area contributed by atoms with E-state index in [-0.39, 0.29) is 13.2 Å². The van der Waals surface area contributed by atoms with Gasteiger partial charge in [-0.3, -0.25) is 0 Å². The van der Waals surface area contributed by atoms with Crippen molar-refractivity contribution in [3.8, 4) is 0 Å². The number of esters is 1. The Balaban J connectivity index is 1.89. The fourth-order valence-electron chi connectivity index (χ4n) is 2.50. The Bertz CT molecular complexity index is 831. The van der Waals surface area contributed by atoms with Crippen LogP contribution in [0.4, 0.5) is 5.69 Å². The van der Waals surface area contributed by atoms with Gasteiger partial charge in [-0.1, -0.05) is 60.7 Å². The molecule has 0 radical (unpaired) electrons. The quantitative estimate of drug-likeness (QED) is 0.610. The first kappa shape index (κ1) is 17.9. The lowest BCUT2D eigenvalue weighted by molar-refractivity contribution is 0.0440. The molecule has 5 heteroatoms. The van der Waals surface area contributed by atoms with Crippen molar-refractivity contribution in [3.63, 3.8) is 0 Å². The SMILES string of the molecule is O=C(OCCO)c1sccc1NC=C(c1ccccc1)c1ccccc1. The third-order valence-electron chi connectivity index (χ3n) is 3.72. The Labute approximate surface area is 156 Å². The van der Waals surface area contributed by atoms with Crippen molar-refractivity contribution in [2.45, 2.75) is 0 Å². The molecule has 0 amide bonds. The summed E-state index contributed by atoms with van der Waals surface area (Å²) < 4.78 is 5.01. The number of aliphatic hydroxyl groups is 1. The number of benzene rings is 2. The maximum atomic E-state index is 12.1. The Kier molecular flexibility index (Phi) is 6.19. The minimum absolute atomic E-state index is 0.00864. The summed E-state index contributed by atoms with van der Waals surface area (Å²) in [6.45, 7) is -0.197. The van der Waals surface area contributed by atoms with E-state index in [1.165, 1.54) is 11.3 Å². The van der Waals surface area contributed by atoms with E-state index in [1.54, 1.807) is 0 Å². The minimum Gasteiger partial charge on any atom is -0.459 e. The molecule has 0 saturated heterocycles. The number of ether oxygens (including phenoxy) is 1. The van der Waals surface area contributed by atoms with Crippen molar-refractivity contribution in [1.29, 1.82) is 0 Å². The van der Waals surface area contributed by atoms with Crippen LogP contribution in [0, 0.1) is 0 Å². The molecular weight excluding hydrogens is 346 g/mol. The number of rotatable bonds is 7. The van der Waals surface area contributed by atoms with Crippen molar-refractivity contribution in [2.75, 3.05) is 18.5 Å². The molecule has 1 heterocycles. The van der Waals surface area contributed by atoms with Gasteiger partial charge in [0.1, 0.15) is 11.5 Å². The number of nitrogens with one attached hydrogen (secondary N) is 1. The molecule has 2 N–H and O–H groups in total. The van der Waals surface area contributed by atoms with Crippen molar-refractivity contribution in [2.24, 2.45) is 0 Å². The standard InChI is InChI=1S/C21H19NO3S/c23-12-13-25-21(24)20-19(11-14-26-20)22-15-18(16-7-3-1-4-8-16)17-9-5-2-6-10-17/h1-11,14-15,22-23H,12-13H2. The second-order valence-electron chi connectivity index (χ2n) is 5.46. The topological polar surface area (TPSA) is 58.6 Å². The molecule has 0 fully saturated rings. The zero-order valence-electron chi connectivity index (χ0n) is 14.1. The second kappa shape index (κ2) is 8.99. The number of aliphatic hydroxyl groups excluding tert-OH is 1. The predicted octanol–water partition coefficient (Wildman–Crippen LogP) is 4.40. The molecule has 4 nitrogen and oxygen atoms in total. The first-order valence-electron chi connectivity index (χ1n) is 8.22. The summed E-state index contributed by atoms with van der Waals surface area (Å²) in [4.78, 5) is 12.6. The van der Waals surface area contributed by atoms with Crippen LogP contribution in [0.25, 0.3) is 5.57 Å². The van der Waals surface area contributed by atoms with Gasteiger partial charge < -0.3 is 15.2 Å². The van der Waals surface area contributed by atoms with E-state index in [0.29, 0.717) is 10.6 Å². The third kappa shape index (κ3) is 4.39. The Hall–Kier alpha value is -2.89. The number of anilines is 1. The van der Waals surface area contributed by atoms with Crippen molar-refractivity contribution < 1.29 is 14.6 Å². The van der Waals surface area contributed by atoms with Gasteiger partial charge in [0.25, 0.3) is 0 Å². The van der Waals surface area contributed by atoms with Crippen LogP contribution in [0.5, 0.6) is 0 Å². The molecule has 0 spiro atoms. The van der Waals surface area contributed by atoms with E-state index in [1.807, 2.05) is 78.3 Å². The third-order valence-corrected chi connectivity index (χ3v) is 4.61. The van der Waals surface area contributed by atoms with Crippen LogP contribution in [0.15, 0.2) is 78.3 Å². The van der Waals surface area contributed by atoms with Crippen LogP contribution in [0.3, 0.4) is 0 Å². The Morgan fingerprint density at radius 2 is 1.62 bits per heavy atom. The van der Waals surface area contributed by atoms with Gasteiger partial charge in [-0.05, 0) is 22.6 Å². The molecular formula is C21H19NO3S. The van der Waals surface area contributed by atoms with E-state index in [2.05, 4.69) is 5.32 Å². The van der Waals surface area contributed by atoms with Gasteiger partial charge in [-0.15, -0.1) is 11.3 Å². The first-order chi connectivity index (χ1) is 12.8. The van der Waals surface area contributed by atoms with E-state index in [4.69, 9.17) is 9.84 Å². The van der Waals surface area contributed by atoms with Gasteiger partial charge in [0.05, 0.1) is 12.3 Å². The monoisotopic (exact) mass is 365 g/mol. The molecule has 1 aromatic heterocycles. The lowest BCUT2D eigenvalue weighted by Crippen LogP contribution is -2.08. The van der Waals surface area contributed by atoms with Crippen LogP contribution in [-0.4, -0.2) is 24.3 Å². The van der Waals surface area contributed by atoms with Crippen molar-refractivity contribution >= 4 is 28.6 Å². The Morgan fingerprint density at radius 1 is 1.00 bits per heavy atom. The van der Waals surface area contributed by atoms with Crippen LogP contribution >= 0.6 is 11.3 Å². The second-order valence-corrected chi connectivity index (χ2v) is 6.37. The molecule has 2 aromatic carbocycles. The minimum atomic E-state index is -0.439. The summed E-state index contributed by atoms with van der Waals surface area (Å²) >= 11 is 1.30. The molecule has 26 heavy (non-hydrogen) atoms. The average Bonchev–Trinajstić information content (AvgIpc) is 3.17. The van der Waals surface area contributed by atoms with Gasteiger partial charge in [0, 0.05) is 11.8 Å². The van der Waals surface area contributed by atoms with Crippen molar-refractivity contribution in [1.82, 2.24) is 0 Å². The predicted molar refractivity (Wildman–Crippen MR) is 105 cm³/mol. The summed E-state index contributed by atoms with van der Waals surface area (Å²) in [5.41, 5.74) is 3.85. The summed E-state index contributed by atoms with van der Waals surface area (Å²) in [6, 6.07) is 22.0. The number of carbonyl (C=O) groups excluding carboxylic acids is 1. The molecule has 0 bridgehead atoms. The van der Waals surface area contributed by atoms with Crippen LogP contribution in [-0.2, 0) is 4.74 Å². The van der Waals surface area contributed by atoms with Crippen LogP contribution < -0.4 is 5.32 Å². The van der Waals surface area contributed by atoms with Gasteiger partial charge in [0.15, 0.2) is 0 Å². The lowest BCUT2D eigenvalue weighted by Gasteiger charge is -2.10. The summed E-state index contributed by atoms with van der Waals surface area (Å²) in [5, 5.41) is 13.9. The average molecular weight is 365 g/mol. The number of thiophene rings is 1. The molecule has 132 valence electrons. The maximum Gasteiger partial charge on any atom is 0.350 e. The fourth-order valence-corrected chi connectivity index (χ4v) is 3.25. The number of carbonyl (C=O) groups is 1. The van der Waals surface area contributed by atoms with Crippen molar-refractivity contribution in [3.05, 3.63) is 94.3 Å². The molecule has 0 aliphatic heterocycles. The molecule has 0 unspecified atom stereocenters. The normalized spacial score (nSPS) is 10.2. The smallest absolute Gasteiger partial charge is 0.350 e. The summed E-state index contributed by atoms with van der Waals surface area (Å²) in [6.07, 6.45) is 1.90. The highest BCUT2D eigenvalue weighted by molar-refractivity contribution is 7.12. The zero-order valence-corrected chi connectivity index (χ0v) is 14.9. The van der Waals surface area contributed by atoms with E-state index < -0.39 is 5.97 Å². The molecule has 3 rings (SSSR count). The highest BCUT2D eigenvalue weighted by atomic mass is 32.1. The highest BCUT2D eigenvalue weighted by Gasteiger charge is 2.14. The van der Waals surface area contributed by atoms with Gasteiger partial charge >= 0.3 is 5.97 Å². The first-order valence-corrected chi connectivity index (χ1v) is 9.10. The van der Waals surface area contributed by atoms with E-state index in [0.717, 1.165) is 16.7 Å². The van der Waals surface area contributed by atoms with Gasteiger partial charge in [-0.2, -0.15) is 0 Å². The lowest BCUT2D eigenvalue weighted by atomic mass is 9.99. The molecule has 0 aliphatic carbocycles. The summed E-state index contributed by atoms with van der Waals surface area (Å²) in [5.74, 6) is -0.439. The molecule has 0 atom stereocenters. The molecule has 0 saturated carbocycles. The Morgan fingerprint density at radius 3 is 2.19 bits per heavy atom. The summed E-state index contributed by atoms with van der Waals surface area (Å²) in [7, 11) is 0. The van der Waals surface area contributed by atoms with Gasteiger partial charge in [-0.25, -0.2) is 4.79 Å². The van der Waals surface area contributed by atoms with Gasteiger partial charge in [0.2, 0.25) is 0 Å². The molecule has 0 aliphatic rings. The van der Waals surface area contributed by atoms with Crippen LogP contribution in [0.2, 0.25) is 0 Å². The maximum absolute atomic E-state index is 12.1. The zero-order chi connectivity index (χ0) is 18.2. The highest BCUT2D eigenvalue weighted by Crippen LogP contribution is 2.27. The van der Waals surface area contributed by atoms with E-state index in [9.17, 15) is 4.79 Å². The largest absolute Gasteiger partial charge is 0.459 e. The fraction of sp³-hybridized carbons (Fsp3) is 0.0952. The molecule has 3 aromatic rings. The number of hydrogen-bond donors (Lipinski definition) is 2.